The van der Waals surface area contributed by atoms with E-state index in [0.29, 0.717) is 26.3 Å². The van der Waals surface area contributed by atoms with Crippen LogP contribution in [0.2, 0.25) is 0 Å². The second-order valence-electron chi connectivity index (χ2n) is 5.05. The molecule has 2 rings (SSSR count). The zero-order valence-electron chi connectivity index (χ0n) is 12.9. The van der Waals surface area contributed by atoms with E-state index in [9.17, 15) is 14.4 Å². The van der Waals surface area contributed by atoms with Crippen molar-refractivity contribution in [3.8, 4) is 0 Å². The molecule has 0 radical (unpaired) electrons. The summed E-state index contributed by atoms with van der Waals surface area (Å²) in [6, 6.07) is 3.12. The van der Waals surface area contributed by atoms with Crippen LogP contribution in [0.4, 0.5) is 0 Å². The standard InChI is InChI=1S/C15H20N2O6/c1-11(15(20)17-6-9-21-10-7-17)23-13(18)4-5-16-14(19)12-3-2-8-22-12/h2-3,8,11H,4-7,9-10H2,1H3,(H,16,19). The molecule has 1 atom stereocenters. The fourth-order valence-corrected chi connectivity index (χ4v) is 2.12. The Kier molecular flexibility index (Phi) is 6.16. The fraction of sp³-hybridized carbons (Fsp3) is 0.533. The normalized spacial score (nSPS) is 15.8. The van der Waals surface area contributed by atoms with Gasteiger partial charge < -0.3 is 24.1 Å². The van der Waals surface area contributed by atoms with Crippen LogP contribution in [-0.2, 0) is 19.1 Å². The molecule has 23 heavy (non-hydrogen) atoms. The van der Waals surface area contributed by atoms with Crippen LogP contribution in [0, 0.1) is 0 Å². The molecule has 8 heteroatoms. The Balaban J connectivity index is 1.67. The van der Waals surface area contributed by atoms with E-state index in [2.05, 4.69) is 5.32 Å². The highest BCUT2D eigenvalue weighted by molar-refractivity contribution is 5.91. The first-order valence-corrected chi connectivity index (χ1v) is 7.45. The number of nitrogens with one attached hydrogen (secondary N) is 1. The van der Waals surface area contributed by atoms with E-state index in [-0.39, 0.29) is 24.6 Å². The summed E-state index contributed by atoms with van der Waals surface area (Å²) in [6.07, 6.45) is 0.524. The van der Waals surface area contributed by atoms with Crippen LogP contribution in [0.5, 0.6) is 0 Å². The lowest BCUT2D eigenvalue weighted by molar-refractivity contribution is -0.160. The second kappa shape index (κ2) is 8.33. The molecule has 1 unspecified atom stereocenters. The number of furan rings is 1. The Morgan fingerprint density at radius 2 is 2.09 bits per heavy atom. The third kappa shape index (κ3) is 5.10. The third-order valence-corrected chi connectivity index (χ3v) is 3.34. The molecule has 1 aromatic heterocycles. The summed E-state index contributed by atoms with van der Waals surface area (Å²) in [5.74, 6) is -1.01. The van der Waals surface area contributed by atoms with Gasteiger partial charge in [-0.2, -0.15) is 0 Å². The second-order valence-corrected chi connectivity index (χ2v) is 5.05. The highest BCUT2D eigenvalue weighted by Gasteiger charge is 2.25. The molecule has 0 saturated carbocycles. The minimum atomic E-state index is -0.846. The van der Waals surface area contributed by atoms with Crippen LogP contribution >= 0.6 is 0 Å². The minimum absolute atomic E-state index is 0.0207. The number of hydrogen-bond acceptors (Lipinski definition) is 6. The van der Waals surface area contributed by atoms with Crippen LogP contribution < -0.4 is 5.32 Å². The summed E-state index contributed by atoms with van der Waals surface area (Å²) in [7, 11) is 0. The molecule has 2 amide bonds. The van der Waals surface area contributed by atoms with Crippen molar-refractivity contribution in [3.63, 3.8) is 0 Å². The largest absolute Gasteiger partial charge is 0.459 e. The van der Waals surface area contributed by atoms with Gasteiger partial charge in [0.15, 0.2) is 11.9 Å². The van der Waals surface area contributed by atoms with E-state index in [0.717, 1.165) is 0 Å². The summed E-state index contributed by atoms with van der Waals surface area (Å²) in [6.45, 7) is 3.63. The zero-order valence-corrected chi connectivity index (χ0v) is 12.9. The van der Waals surface area contributed by atoms with Crippen molar-refractivity contribution >= 4 is 17.8 Å². The Morgan fingerprint density at radius 3 is 2.74 bits per heavy atom. The van der Waals surface area contributed by atoms with Gasteiger partial charge in [0.25, 0.3) is 11.8 Å². The molecule has 1 N–H and O–H groups in total. The number of amides is 2. The molecule has 0 aromatic carbocycles. The van der Waals surface area contributed by atoms with Crippen molar-refractivity contribution in [1.29, 1.82) is 0 Å². The van der Waals surface area contributed by atoms with Crippen LogP contribution in [0.1, 0.15) is 23.9 Å². The molecule has 8 nitrogen and oxygen atoms in total. The number of carbonyl (C=O) groups is 3. The smallest absolute Gasteiger partial charge is 0.308 e. The monoisotopic (exact) mass is 324 g/mol. The summed E-state index contributed by atoms with van der Waals surface area (Å²) in [5.41, 5.74) is 0. The Morgan fingerprint density at radius 1 is 1.35 bits per heavy atom. The maximum absolute atomic E-state index is 12.1. The Labute approximate surface area is 133 Å². The highest BCUT2D eigenvalue weighted by atomic mass is 16.5. The molecule has 1 fully saturated rings. The number of nitrogens with zero attached hydrogens (tertiary/aromatic N) is 1. The number of ether oxygens (including phenoxy) is 2. The van der Waals surface area contributed by atoms with Gasteiger partial charge in [0.2, 0.25) is 0 Å². The van der Waals surface area contributed by atoms with Crippen molar-refractivity contribution in [1.82, 2.24) is 10.2 Å². The molecular weight excluding hydrogens is 304 g/mol. The molecule has 126 valence electrons. The lowest BCUT2D eigenvalue weighted by Gasteiger charge is -2.28. The number of carbonyl (C=O) groups excluding carboxylic acids is 3. The van der Waals surface area contributed by atoms with E-state index < -0.39 is 18.0 Å². The SMILES string of the molecule is CC(OC(=O)CCNC(=O)c1ccco1)C(=O)N1CCOCC1. The van der Waals surface area contributed by atoms with Crippen molar-refractivity contribution < 1.29 is 28.3 Å². The molecule has 1 aliphatic heterocycles. The maximum atomic E-state index is 12.1. The number of hydrogen-bond donors (Lipinski definition) is 1. The van der Waals surface area contributed by atoms with Crippen molar-refractivity contribution in [3.05, 3.63) is 24.2 Å². The maximum Gasteiger partial charge on any atom is 0.308 e. The van der Waals surface area contributed by atoms with Gasteiger partial charge in [-0.25, -0.2) is 0 Å². The lowest BCUT2D eigenvalue weighted by Crippen LogP contribution is -2.46. The molecule has 1 saturated heterocycles. The van der Waals surface area contributed by atoms with Crippen LogP contribution in [0.15, 0.2) is 22.8 Å². The van der Waals surface area contributed by atoms with Crippen LogP contribution in [0.3, 0.4) is 0 Å². The number of rotatable bonds is 6. The van der Waals surface area contributed by atoms with E-state index >= 15 is 0 Å². The summed E-state index contributed by atoms with van der Waals surface area (Å²) in [5, 5.41) is 2.54. The van der Waals surface area contributed by atoms with Gasteiger partial charge in [-0.15, -0.1) is 0 Å². The van der Waals surface area contributed by atoms with Crippen LogP contribution in [-0.4, -0.2) is 61.6 Å². The minimum Gasteiger partial charge on any atom is -0.459 e. The molecular formula is C15H20N2O6. The lowest BCUT2D eigenvalue weighted by atomic mass is 10.3. The topological polar surface area (TPSA) is 98.1 Å². The fourth-order valence-electron chi connectivity index (χ4n) is 2.12. The summed E-state index contributed by atoms with van der Waals surface area (Å²) in [4.78, 5) is 37.0. The van der Waals surface area contributed by atoms with Crippen molar-refractivity contribution in [2.75, 3.05) is 32.8 Å². The summed E-state index contributed by atoms with van der Waals surface area (Å²) < 4.78 is 15.2. The molecule has 1 aromatic rings. The summed E-state index contributed by atoms with van der Waals surface area (Å²) >= 11 is 0. The molecule has 0 bridgehead atoms. The highest BCUT2D eigenvalue weighted by Crippen LogP contribution is 2.05. The van der Waals surface area contributed by atoms with Gasteiger partial charge in [-0.05, 0) is 19.1 Å². The van der Waals surface area contributed by atoms with E-state index in [1.165, 1.54) is 19.3 Å². The molecule has 1 aliphatic rings. The van der Waals surface area contributed by atoms with Gasteiger partial charge >= 0.3 is 5.97 Å². The van der Waals surface area contributed by atoms with Crippen molar-refractivity contribution in [2.24, 2.45) is 0 Å². The van der Waals surface area contributed by atoms with Crippen LogP contribution in [0.25, 0.3) is 0 Å². The quantitative estimate of drug-likeness (QED) is 0.750. The van der Waals surface area contributed by atoms with Gasteiger partial charge in [0, 0.05) is 19.6 Å². The van der Waals surface area contributed by atoms with Gasteiger partial charge in [0.05, 0.1) is 25.9 Å². The molecule has 0 aliphatic carbocycles. The molecule has 0 spiro atoms. The van der Waals surface area contributed by atoms with Gasteiger partial charge in [-0.1, -0.05) is 0 Å². The predicted octanol–water partition coefficient (Wildman–Crippen LogP) is 0.190. The Bertz CT molecular complexity index is 536. The molecule has 2 heterocycles. The third-order valence-electron chi connectivity index (χ3n) is 3.34. The first-order chi connectivity index (χ1) is 11.1. The average molecular weight is 324 g/mol. The number of esters is 1. The van der Waals surface area contributed by atoms with Crippen molar-refractivity contribution in [2.45, 2.75) is 19.4 Å². The van der Waals surface area contributed by atoms with Gasteiger partial charge in [0.1, 0.15) is 0 Å². The predicted molar refractivity (Wildman–Crippen MR) is 78.6 cm³/mol. The Hall–Kier alpha value is -2.35. The first kappa shape index (κ1) is 17.0. The van der Waals surface area contributed by atoms with Gasteiger partial charge in [-0.3, -0.25) is 14.4 Å². The first-order valence-electron chi connectivity index (χ1n) is 7.45. The zero-order chi connectivity index (χ0) is 16.7. The van der Waals surface area contributed by atoms with E-state index in [1.54, 1.807) is 11.0 Å². The van der Waals surface area contributed by atoms with E-state index in [1.807, 2.05) is 0 Å². The average Bonchev–Trinajstić information content (AvgIpc) is 3.09. The number of morpholine rings is 1. The van der Waals surface area contributed by atoms with E-state index in [4.69, 9.17) is 13.9 Å².